The van der Waals surface area contributed by atoms with Crippen molar-refractivity contribution in [1.29, 1.82) is 0 Å². The minimum absolute atomic E-state index is 0. The summed E-state index contributed by atoms with van der Waals surface area (Å²) in [5.41, 5.74) is 6.16. The molecular weight excluding hydrogens is 742 g/mol. The van der Waals surface area contributed by atoms with Crippen LogP contribution >= 0.6 is 0 Å². The Morgan fingerprint density at radius 1 is 0.452 bits per heavy atom. The summed E-state index contributed by atoms with van der Waals surface area (Å²) in [5.74, 6) is 2.74. The predicted molar refractivity (Wildman–Crippen MR) is 176 cm³/mol. The second-order valence-electron chi connectivity index (χ2n) is 11.6. The number of hydrogen-bond acceptors (Lipinski definition) is 0. The van der Waals surface area contributed by atoms with Crippen LogP contribution < -0.4 is 24.8 Å². The van der Waals surface area contributed by atoms with Crippen molar-refractivity contribution in [3.05, 3.63) is 95.2 Å². The van der Waals surface area contributed by atoms with Gasteiger partial charge in [-0.25, -0.2) is 24.3 Å². The molecule has 0 radical (unpaired) electrons. The van der Waals surface area contributed by atoms with Gasteiger partial charge in [0.1, 0.15) is 0 Å². The van der Waals surface area contributed by atoms with Crippen molar-refractivity contribution in [2.45, 2.75) is 107 Å². The SMILES string of the molecule is CC(C)C1=CC[C-]=C1.CC(C)C1=CC[C-]=C1.CC(C)C1=CC[C-]=C1.CC(C)C1=CC[C-]=C1.C[Si](C)=[Zr+2].C[Si](C)=[Zr+2].[Cl-].[Cl-]. The molecule has 42 heavy (non-hydrogen) atoms. The third-order valence-corrected chi connectivity index (χ3v) is 5.56. The first-order valence-corrected chi connectivity index (χ1v) is 27.2. The smallest absolute Gasteiger partial charge is 1.00 e. The number of halogens is 2. The van der Waals surface area contributed by atoms with Crippen LogP contribution in [0.1, 0.15) is 81.1 Å². The Morgan fingerprint density at radius 2 is 0.595 bits per heavy atom. The van der Waals surface area contributed by atoms with Gasteiger partial charge in [-0.3, -0.25) is 24.3 Å². The standard InChI is InChI=1S/4C8H11.2C2H6Si.2ClH.2Zr/c4*1-7(2)8-5-3-4-6-8;2*1-3-2;;;;/h4*5-7H,3H2,1-2H3;2*1-2H3;2*1H;;/q4*-1;;;;;2*+2/p-2. The topological polar surface area (TPSA) is 0 Å². The van der Waals surface area contributed by atoms with Crippen molar-refractivity contribution in [3.8, 4) is 0 Å². The van der Waals surface area contributed by atoms with Crippen LogP contribution in [0.2, 0.25) is 26.2 Å². The van der Waals surface area contributed by atoms with Gasteiger partial charge in [0, 0.05) is 0 Å². The minimum Gasteiger partial charge on any atom is -1.00 e. The monoisotopic (exact) mass is 794 g/mol. The van der Waals surface area contributed by atoms with Gasteiger partial charge in [-0.15, -0.1) is 25.7 Å². The normalized spacial score (nSPS) is 14.8. The molecule has 0 heterocycles. The fraction of sp³-hybridized carbons (Fsp3) is 0.556. The zero-order chi connectivity index (χ0) is 31.1. The van der Waals surface area contributed by atoms with Crippen LogP contribution in [0, 0.1) is 48.0 Å². The first kappa shape index (κ1) is 49.6. The molecule has 0 saturated carbocycles. The summed E-state index contributed by atoms with van der Waals surface area (Å²) in [6, 6.07) is 0. The third kappa shape index (κ3) is 32.1. The molecular formula is C36H56Cl2Si2Zr2-2. The Morgan fingerprint density at radius 3 is 0.643 bits per heavy atom. The maximum Gasteiger partial charge on any atom is -1.00 e. The molecule has 0 amide bonds. The van der Waals surface area contributed by atoms with Crippen LogP contribution in [0.3, 0.4) is 0 Å². The van der Waals surface area contributed by atoms with E-state index in [9.17, 15) is 0 Å². The molecule has 4 aliphatic carbocycles. The second-order valence-corrected chi connectivity index (χ2v) is 30.4. The van der Waals surface area contributed by atoms with Gasteiger partial charge >= 0.3 is 83.7 Å². The molecule has 0 aromatic heterocycles. The molecule has 6 heteroatoms. The Hall–Kier alpha value is 0.700. The van der Waals surface area contributed by atoms with Crippen LogP contribution in [-0.4, -0.2) is 10.9 Å². The molecule has 0 fully saturated rings. The Labute approximate surface area is 305 Å². The molecule has 0 spiro atoms. The van der Waals surface area contributed by atoms with Crippen LogP contribution in [-0.2, 0) is 46.7 Å². The van der Waals surface area contributed by atoms with Crippen molar-refractivity contribution in [2.75, 3.05) is 0 Å². The molecule has 232 valence electrons. The molecule has 0 saturated heterocycles. The van der Waals surface area contributed by atoms with Gasteiger partial charge in [0.05, 0.1) is 0 Å². The molecule has 0 N–H and O–H groups in total. The molecule has 0 unspecified atom stereocenters. The summed E-state index contributed by atoms with van der Waals surface area (Å²) >= 11 is 3.48. The molecule has 0 aromatic carbocycles. The van der Waals surface area contributed by atoms with Gasteiger partial charge in [0.15, 0.2) is 0 Å². The molecule has 0 aliphatic heterocycles. The number of allylic oxidation sites excluding steroid dienone is 16. The van der Waals surface area contributed by atoms with Crippen LogP contribution in [0.4, 0.5) is 0 Å². The van der Waals surface area contributed by atoms with E-state index in [2.05, 4.69) is 154 Å². The molecule has 4 rings (SSSR count). The van der Waals surface area contributed by atoms with E-state index < -0.39 is 0 Å². The van der Waals surface area contributed by atoms with Gasteiger partial charge in [-0.2, -0.15) is 46.6 Å². The van der Waals surface area contributed by atoms with Crippen molar-refractivity contribution in [2.24, 2.45) is 23.7 Å². The van der Waals surface area contributed by atoms with Crippen molar-refractivity contribution in [3.63, 3.8) is 0 Å². The van der Waals surface area contributed by atoms with Gasteiger partial charge in [-0.05, 0) is 0 Å². The van der Waals surface area contributed by atoms with Crippen LogP contribution in [0.25, 0.3) is 0 Å². The summed E-state index contributed by atoms with van der Waals surface area (Å²) in [6.07, 6.45) is 33.9. The summed E-state index contributed by atoms with van der Waals surface area (Å²) in [6.45, 7) is 26.9. The van der Waals surface area contributed by atoms with E-state index in [1.807, 2.05) is 0 Å². The molecule has 0 nitrogen and oxygen atoms in total. The summed E-state index contributed by atoms with van der Waals surface area (Å²) in [7, 11) is 0. The fourth-order valence-electron chi connectivity index (χ4n) is 3.26. The van der Waals surface area contributed by atoms with E-state index in [1.165, 1.54) is 22.3 Å². The average molecular weight is 798 g/mol. The number of rotatable bonds is 4. The Bertz CT molecular complexity index is 834. The molecule has 0 bridgehead atoms. The molecule has 0 aromatic rings. The average Bonchev–Trinajstić information content (AvgIpc) is 3.68. The Kier molecular flexibility index (Phi) is 37.4. The Balaban J connectivity index is -0.000000209. The van der Waals surface area contributed by atoms with Crippen molar-refractivity contribution in [1.82, 2.24) is 0 Å². The predicted octanol–water partition coefficient (Wildman–Crippen LogP) is 4.90. The van der Waals surface area contributed by atoms with E-state index in [4.69, 9.17) is 0 Å². The van der Waals surface area contributed by atoms with E-state index in [1.54, 1.807) is 46.7 Å². The third-order valence-electron chi connectivity index (χ3n) is 5.56. The first-order chi connectivity index (χ1) is 18.7. The van der Waals surface area contributed by atoms with E-state index in [-0.39, 0.29) is 35.7 Å². The van der Waals surface area contributed by atoms with Gasteiger partial charge < -0.3 is 24.8 Å². The maximum atomic E-state index is 3.14. The quantitative estimate of drug-likeness (QED) is 0.281. The van der Waals surface area contributed by atoms with Crippen molar-refractivity contribution < 1.29 is 71.5 Å². The van der Waals surface area contributed by atoms with E-state index >= 15 is 0 Å². The maximum absolute atomic E-state index is 3.14. The van der Waals surface area contributed by atoms with Crippen LogP contribution in [0.15, 0.2) is 70.9 Å². The molecule has 0 atom stereocenters. The van der Waals surface area contributed by atoms with E-state index in [0.29, 0.717) is 23.7 Å². The van der Waals surface area contributed by atoms with Gasteiger partial charge in [0.2, 0.25) is 0 Å². The second kappa shape index (κ2) is 31.7. The fourth-order valence-corrected chi connectivity index (χ4v) is 3.26. The summed E-state index contributed by atoms with van der Waals surface area (Å²) in [4.78, 5) is 0. The summed E-state index contributed by atoms with van der Waals surface area (Å²) in [5, 5.41) is 0. The molecule has 4 aliphatic rings. The van der Waals surface area contributed by atoms with Crippen LogP contribution in [0.5, 0.6) is 0 Å². The summed E-state index contributed by atoms with van der Waals surface area (Å²) < 4.78 is 0. The van der Waals surface area contributed by atoms with Gasteiger partial charge in [-0.1, -0.05) is 79.1 Å². The number of hydrogen-bond donors (Lipinski definition) is 0. The first-order valence-electron chi connectivity index (χ1n) is 14.8. The largest absolute Gasteiger partial charge is 1.00 e. The zero-order valence-electron chi connectivity index (χ0n) is 28.5. The minimum atomic E-state index is 0. The van der Waals surface area contributed by atoms with E-state index in [0.717, 1.165) is 25.7 Å². The zero-order valence-corrected chi connectivity index (χ0v) is 36.9. The van der Waals surface area contributed by atoms with Gasteiger partial charge in [0.25, 0.3) is 0 Å². The van der Waals surface area contributed by atoms with Crippen molar-refractivity contribution >= 4 is 10.9 Å².